The van der Waals surface area contributed by atoms with E-state index in [9.17, 15) is 19.3 Å². The maximum Gasteiger partial charge on any atom is 0.294 e. The Morgan fingerprint density at radius 1 is 1.21 bits per heavy atom. The maximum atomic E-state index is 13.0. The molecule has 2 aromatic carbocycles. The number of anilines is 1. The number of nitrogens with zero attached hydrogens (tertiary/aromatic N) is 3. The number of carbonyl (C=O) groups excluding carboxylic acids is 1. The smallest absolute Gasteiger partial charge is 0.294 e. The molecule has 1 unspecified atom stereocenters. The number of amides is 1. The first-order chi connectivity index (χ1) is 13.8. The van der Waals surface area contributed by atoms with Crippen molar-refractivity contribution in [3.8, 4) is 0 Å². The molecule has 1 fully saturated rings. The molecule has 154 valence electrons. The number of hydrogen-bond acceptors (Lipinski definition) is 5. The minimum atomic E-state index is -0.433. The summed E-state index contributed by atoms with van der Waals surface area (Å²) in [4.78, 5) is 27.2. The molecular formula is C20H22ClFN4O3. The number of nitro benzene ring substituents is 1. The van der Waals surface area contributed by atoms with Crippen LogP contribution in [-0.2, 0) is 4.79 Å². The zero-order chi connectivity index (χ0) is 21.0. The van der Waals surface area contributed by atoms with Crippen molar-refractivity contribution in [1.82, 2.24) is 10.2 Å². The Morgan fingerprint density at radius 3 is 2.48 bits per heavy atom. The average molecular weight is 421 g/mol. The van der Waals surface area contributed by atoms with Crippen molar-refractivity contribution in [3.63, 3.8) is 0 Å². The van der Waals surface area contributed by atoms with Crippen molar-refractivity contribution in [2.45, 2.75) is 13.0 Å². The molecule has 3 rings (SSSR count). The lowest BCUT2D eigenvalue weighted by Crippen LogP contribution is -2.49. The third-order valence-electron chi connectivity index (χ3n) is 4.96. The van der Waals surface area contributed by atoms with E-state index in [2.05, 4.69) is 5.32 Å². The van der Waals surface area contributed by atoms with E-state index in [1.165, 1.54) is 18.2 Å². The molecule has 1 amide bonds. The molecule has 1 atom stereocenters. The number of nitrogens with one attached hydrogen (secondary N) is 1. The summed E-state index contributed by atoms with van der Waals surface area (Å²) in [5.74, 6) is -0.432. The van der Waals surface area contributed by atoms with Gasteiger partial charge in [0, 0.05) is 37.3 Å². The van der Waals surface area contributed by atoms with Crippen LogP contribution in [0, 0.1) is 15.9 Å². The summed E-state index contributed by atoms with van der Waals surface area (Å²) in [6.45, 7) is 4.45. The van der Waals surface area contributed by atoms with E-state index < -0.39 is 4.92 Å². The van der Waals surface area contributed by atoms with Gasteiger partial charge in [0.25, 0.3) is 5.69 Å². The van der Waals surface area contributed by atoms with Gasteiger partial charge in [-0.2, -0.15) is 0 Å². The summed E-state index contributed by atoms with van der Waals surface area (Å²) in [5, 5.41) is 14.5. The van der Waals surface area contributed by atoms with Crippen LogP contribution in [0.3, 0.4) is 0 Å². The van der Waals surface area contributed by atoms with Crippen LogP contribution < -0.4 is 10.2 Å². The Kier molecular flexibility index (Phi) is 6.66. The van der Waals surface area contributed by atoms with Gasteiger partial charge in [-0.15, -0.1) is 0 Å². The molecule has 29 heavy (non-hydrogen) atoms. The van der Waals surface area contributed by atoms with Crippen molar-refractivity contribution >= 4 is 28.9 Å². The highest BCUT2D eigenvalue weighted by Crippen LogP contribution is 2.31. The standard InChI is InChI=1S/C20H22ClFN4O3/c1-14(15-2-5-17(22)6-3-15)23-20(27)13-24-8-10-25(11-9-24)18-7-4-16(21)12-19(18)26(28)29/h2-7,12,14H,8-11,13H2,1H3,(H,23,27). The first kappa shape index (κ1) is 21.0. The predicted octanol–water partition coefficient (Wildman–Crippen LogP) is 3.39. The fourth-order valence-electron chi connectivity index (χ4n) is 3.38. The maximum absolute atomic E-state index is 13.0. The molecule has 9 heteroatoms. The van der Waals surface area contributed by atoms with Crippen LogP contribution in [0.2, 0.25) is 5.02 Å². The Bertz CT molecular complexity index is 886. The summed E-state index contributed by atoms with van der Waals surface area (Å²) in [6, 6.07) is 10.5. The van der Waals surface area contributed by atoms with Crippen LogP contribution in [0.15, 0.2) is 42.5 Å². The molecule has 1 heterocycles. The molecule has 0 spiro atoms. The number of benzene rings is 2. The van der Waals surface area contributed by atoms with Gasteiger partial charge in [0.1, 0.15) is 11.5 Å². The lowest BCUT2D eigenvalue weighted by Gasteiger charge is -2.35. The number of rotatable bonds is 6. The Hall–Kier alpha value is -2.71. The molecule has 7 nitrogen and oxygen atoms in total. The minimum absolute atomic E-state index is 0.0168. The summed E-state index contributed by atoms with van der Waals surface area (Å²) in [5.41, 5.74) is 1.35. The molecule has 2 aromatic rings. The summed E-state index contributed by atoms with van der Waals surface area (Å²) >= 11 is 5.88. The number of piperazine rings is 1. The highest BCUT2D eigenvalue weighted by molar-refractivity contribution is 6.30. The monoisotopic (exact) mass is 420 g/mol. The van der Waals surface area contributed by atoms with E-state index in [1.807, 2.05) is 16.7 Å². The van der Waals surface area contributed by atoms with Crippen LogP contribution in [0.4, 0.5) is 15.8 Å². The SMILES string of the molecule is CC(NC(=O)CN1CCN(c2ccc(Cl)cc2[N+](=O)[O-])CC1)c1ccc(F)cc1. The first-order valence-electron chi connectivity index (χ1n) is 9.29. The van der Waals surface area contributed by atoms with Crippen LogP contribution in [0.1, 0.15) is 18.5 Å². The number of carbonyl (C=O) groups is 1. The van der Waals surface area contributed by atoms with Crippen molar-refractivity contribution in [1.29, 1.82) is 0 Å². The third-order valence-corrected chi connectivity index (χ3v) is 5.20. The average Bonchev–Trinajstić information content (AvgIpc) is 2.69. The predicted molar refractivity (Wildman–Crippen MR) is 110 cm³/mol. The Balaban J connectivity index is 1.53. The summed E-state index contributed by atoms with van der Waals surface area (Å²) in [6.07, 6.45) is 0. The van der Waals surface area contributed by atoms with Crippen LogP contribution in [0.25, 0.3) is 0 Å². The second-order valence-corrected chi connectivity index (χ2v) is 7.43. The second kappa shape index (κ2) is 9.19. The zero-order valence-electron chi connectivity index (χ0n) is 16.0. The number of hydrogen-bond donors (Lipinski definition) is 1. The molecule has 0 bridgehead atoms. The molecule has 1 N–H and O–H groups in total. The lowest BCUT2D eigenvalue weighted by atomic mass is 10.1. The van der Waals surface area contributed by atoms with Crippen molar-refractivity contribution in [2.75, 3.05) is 37.6 Å². The highest BCUT2D eigenvalue weighted by Gasteiger charge is 2.25. The zero-order valence-corrected chi connectivity index (χ0v) is 16.7. The van der Waals surface area contributed by atoms with Gasteiger partial charge in [0.2, 0.25) is 5.91 Å². The fourth-order valence-corrected chi connectivity index (χ4v) is 3.55. The van der Waals surface area contributed by atoms with Crippen LogP contribution in [0.5, 0.6) is 0 Å². The second-order valence-electron chi connectivity index (χ2n) is 6.99. The topological polar surface area (TPSA) is 78.7 Å². The van der Waals surface area contributed by atoms with Crippen molar-refractivity contribution in [3.05, 3.63) is 69.0 Å². The van der Waals surface area contributed by atoms with Gasteiger partial charge in [-0.05, 0) is 36.8 Å². The third kappa shape index (κ3) is 5.42. The summed E-state index contributed by atoms with van der Waals surface area (Å²) < 4.78 is 13.0. The molecule has 0 radical (unpaired) electrons. The van der Waals surface area contributed by atoms with E-state index in [0.29, 0.717) is 36.9 Å². The van der Waals surface area contributed by atoms with Gasteiger partial charge in [-0.25, -0.2) is 4.39 Å². The quantitative estimate of drug-likeness (QED) is 0.572. The van der Waals surface area contributed by atoms with Gasteiger partial charge in [0.05, 0.1) is 17.5 Å². The van der Waals surface area contributed by atoms with Crippen LogP contribution >= 0.6 is 11.6 Å². The highest BCUT2D eigenvalue weighted by atomic mass is 35.5. The summed E-state index contributed by atoms with van der Waals surface area (Å²) in [7, 11) is 0. The first-order valence-corrected chi connectivity index (χ1v) is 9.67. The number of halogens is 2. The molecule has 1 aliphatic heterocycles. The van der Waals surface area contributed by atoms with E-state index in [1.54, 1.807) is 24.3 Å². The molecular weight excluding hydrogens is 399 g/mol. The van der Waals surface area contributed by atoms with Gasteiger partial charge >= 0.3 is 0 Å². The largest absolute Gasteiger partial charge is 0.363 e. The molecule has 0 aliphatic carbocycles. The van der Waals surface area contributed by atoms with Gasteiger partial charge in [-0.1, -0.05) is 23.7 Å². The van der Waals surface area contributed by atoms with E-state index in [-0.39, 0.29) is 30.0 Å². The van der Waals surface area contributed by atoms with E-state index in [4.69, 9.17) is 11.6 Å². The van der Waals surface area contributed by atoms with Gasteiger partial charge in [-0.3, -0.25) is 19.8 Å². The van der Waals surface area contributed by atoms with Crippen molar-refractivity contribution in [2.24, 2.45) is 0 Å². The van der Waals surface area contributed by atoms with Gasteiger partial charge in [0.15, 0.2) is 0 Å². The normalized spacial score (nSPS) is 15.8. The Morgan fingerprint density at radius 2 is 1.86 bits per heavy atom. The Labute approximate surface area is 173 Å². The van der Waals surface area contributed by atoms with E-state index >= 15 is 0 Å². The van der Waals surface area contributed by atoms with Gasteiger partial charge < -0.3 is 10.2 Å². The molecule has 0 aromatic heterocycles. The van der Waals surface area contributed by atoms with Crippen LogP contribution in [-0.4, -0.2) is 48.5 Å². The minimum Gasteiger partial charge on any atom is -0.363 e. The lowest BCUT2D eigenvalue weighted by molar-refractivity contribution is -0.384. The number of nitro groups is 1. The molecule has 0 saturated carbocycles. The molecule has 1 aliphatic rings. The van der Waals surface area contributed by atoms with Crippen molar-refractivity contribution < 1.29 is 14.1 Å². The molecule has 1 saturated heterocycles. The fraction of sp³-hybridized carbons (Fsp3) is 0.350. The van der Waals surface area contributed by atoms with E-state index in [0.717, 1.165) is 5.56 Å².